The summed E-state index contributed by atoms with van der Waals surface area (Å²) < 4.78 is 7.09. The van der Waals surface area contributed by atoms with Crippen LogP contribution in [0.5, 0.6) is 0 Å². The van der Waals surface area contributed by atoms with Gasteiger partial charge in [0.05, 0.1) is 11.7 Å². The van der Waals surface area contributed by atoms with Gasteiger partial charge in [0.15, 0.2) is 5.78 Å². The third-order valence-electron chi connectivity index (χ3n) is 11.3. The summed E-state index contributed by atoms with van der Waals surface area (Å²) in [6, 6.07) is 0.593. The minimum atomic E-state index is 0.0471. The molecule has 2 saturated carbocycles. The molecule has 6 rings (SSSR count). The molecule has 0 N–H and O–H groups in total. The average Bonchev–Trinajstić information content (AvgIpc) is 3.19. The largest absolute Gasteiger partial charge is 0.369 e. The highest BCUT2D eigenvalue weighted by Gasteiger charge is 2.59. The maximum Gasteiger partial charge on any atom is 0.155 e. The van der Waals surface area contributed by atoms with Crippen LogP contribution in [0.2, 0.25) is 0 Å². The van der Waals surface area contributed by atoms with Crippen molar-refractivity contribution in [3.05, 3.63) is 22.8 Å². The number of hydrogen-bond acceptors (Lipinski definition) is 3. The fourth-order valence-corrected chi connectivity index (χ4v) is 9.72. The van der Waals surface area contributed by atoms with E-state index in [1.54, 1.807) is 11.1 Å². The number of carbonyl (C=O) groups excluding carboxylic acids is 1. The molecule has 0 amide bonds. The normalized spacial score (nSPS) is 51.1. The van der Waals surface area contributed by atoms with Crippen LogP contribution in [-0.4, -0.2) is 42.0 Å². The summed E-state index contributed by atoms with van der Waals surface area (Å²) in [7, 11) is 2.33. The number of allylic oxidation sites excluding steroid dienone is 3. The summed E-state index contributed by atoms with van der Waals surface area (Å²) in [5.74, 6) is 4.03. The molecule has 32 heavy (non-hydrogen) atoms. The van der Waals surface area contributed by atoms with Gasteiger partial charge >= 0.3 is 0 Å². The Hall–Kier alpha value is -0.930. The van der Waals surface area contributed by atoms with Crippen LogP contribution in [-0.2, 0) is 9.53 Å². The number of nitrogens with zero attached hydrogens (tertiary/aromatic N) is 1. The van der Waals surface area contributed by atoms with Gasteiger partial charge in [0.2, 0.25) is 0 Å². The Labute approximate surface area is 195 Å². The van der Waals surface area contributed by atoms with Gasteiger partial charge in [-0.3, -0.25) is 4.79 Å². The zero-order valence-electron chi connectivity index (χ0n) is 21.0. The van der Waals surface area contributed by atoms with Crippen molar-refractivity contribution in [2.45, 2.75) is 103 Å². The lowest BCUT2D eigenvalue weighted by Gasteiger charge is -2.48. The van der Waals surface area contributed by atoms with Crippen LogP contribution in [0.3, 0.4) is 0 Å². The zero-order chi connectivity index (χ0) is 22.4. The Bertz CT molecular complexity index is 888. The van der Waals surface area contributed by atoms with Crippen LogP contribution < -0.4 is 0 Å². The maximum atomic E-state index is 12.1. The van der Waals surface area contributed by atoms with Gasteiger partial charge in [0.1, 0.15) is 0 Å². The first-order chi connectivity index (χ1) is 15.2. The number of fused-ring (bicyclic) bond motifs is 6. The maximum absolute atomic E-state index is 12.1. The fraction of sp³-hybridized carbons (Fsp3) is 0.828. The molecule has 0 aromatic rings. The van der Waals surface area contributed by atoms with Crippen LogP contribution in [0, 0.1) is 35.0 Å². The number of ketones is 1. The predicted octanol–water partition coefficient (Wildman–Crippen LogP) is 5.94. The summed E-state index contributed by atoms with van der Waals surface area (Å²) in [6.45, 7) is 11.0. The van der Waals surface area contributed by atoms with Crippen molar-refractivity contribution in [2.75, 3.05) is 13.6 Å². The molecule has 3 nitrogen and oxygen atoms in total. The molecule has 0 unspecified atom stereocenters. The molecule has 0 aromatic carbocycles. The van der Waals surface area contributed by atoms with Gasteiger partial charge in [0, 0.05) is 24.9 Å². The smallest absolute Gasteiger partial charge is 0.155 e. The Kier molecular flexibility index (Phi) is 4.91. The molecule has 9 atom stereocenters. The third kappa shape index (κ3) is 2.95. The highest BCUT2D eigenvalue weighted by Crippen LogP contribution is 2.64. The van der Waals surface area contributed by atoms with Crippen LogP contribution in [0.15, 0.2) is 22.8 Å². The molecular formula is C29H43NO2. The van der Waals surface area contributed by atoms with E-state index in [1.165, 1.54) is 44.2 Å². The van der Waals surface area contributed by atoms with E-state index >= 15 is 0 Å². The van der Waals surface area contributed by atoms with Crippen LogP contribution >= 0.6 is 0 Å². The number of likely N-dealkylation sites (tertiary alicyclic amines) is 1. The Morgan fingerprint density at radius 2 is 1.97 bits per heavy atom. The van der Waals surface area contributed by atoms with E-state index in [9.17, 15) is 4.79 Å². The number of piperidine rings is 1. The van der Waals surface area contributed by atoms with Gasteiger partial charge in [-0.1, -0.05) is 37.5 Å². The topological polar surface area (TPSA) is 29.5 Å². The number of hydrogen-bond donors (Lipinski definition) is 0. The molecule has 0 aromatic heterocycles. The van der Waals surface area contributed by atoms with Crippen molar-refractivity contribution in [3.63, 3.8) is 0 Å². The number of likely N-dealkylation sites (N-methyl/N-ethyl adjacent to an activating group) is 1. The van der Waals surface area contributed by atoms with Gasteiger partial charge < -0.3 is 9.64 Å². The molecular weight excluding hydrogens is 394 g/mol. The molecule has 1 spiro atoms. The zero-order valence-corrected chi connectivity index (χ0v) is 21.0. The molecule has 3 heteroatoms. The second kappa shape index (κ2) is 7.28. The molecule has 2 heterocycles. The van der Waals surface area contributed by atoms with Crippen LogP contribution in [0.1, 0.15) is 85.5 Å². The number of rotatable bonds is 0. The monoisotopic (exact) mass is 437 g/mol. The molecule has 176 valence electrons. The van der Waals surface area contributed by atoms with Crippen LogP contribution in [0.25, 0.3) is 0 Å². The van der Waals surface area contributed by atoms with E-state index in [-0.39, 0.29) is 11.0 Å². The lowest BCUT2D eigenvalue weighted by Crippen LogP contribution is -2.49. The van der Waals surface area contributed by atoms with Crippen molar-refractivity contribution in [1.29, 1.82) is 0 Å². The van der Waals surface area contributed by atoms with Gasteiger partial charge in [-0.2, -0.15) is 0 Å². The van der Waals surface area contributed by atoms with E-state index in [0.717, 1.165) is 49.4 Å². The minimum Gasteiger partial charge on any atom is -0.369 e. The Morgan fingerprint density at radius 1 is 1.16 bits per heavy atom. The molecule has 4 fully saturated rings. The van der Waals surface area contributed by atoms with E-state index in [4.69, 9.17) is 4.74 Å². The fourth-order valence-electron chi connectivity index (χ4n) is 9.72. The molecule has 4 aliphatic carbocycles. The van der Waals surface area contributed by atoms with E-state index < -0.39 is 0 Å². The van der Waals surface area contributed by atoms with Crippen molar-refractivity contribution < 1.29 is 9.53 Å². The predicted molar refractivity (Wildman–Crippen MR) is 128 cm³/mol. The van der Waals surface area contributed by atoms with Gasteiger partial charge in [-0.25, -0.2) is 0 Å². The second-order valence-corrected chi connectivity index (χ2v) is 13.0. The van der Waals surface area contributed by atoms with Crippen molar-refractivity contribution in [1.82, 2.24) is 4.90 Å². The molecule has 0 radical (unpaired) electrons. The molecule has 6 aliphatic rings. The first kappa shape index (κ1) is 21.6. The molecule has 0 bridgehead atoms. The SMILES string of the molecule is CC1=C2C[C@H]3[C@@H](CCC4=CC(=O)CC[C@@]43C)[C@@H]2CC[C@@]2(C1)O[C@@H]1C[C@H](C)CN(C)[C@H]1[C@H]2C. The van der Waals surface area contributed by atoms with Crippen LogP contribution in [0.4, 0.5) is 0 Å². The minimum absolute atomic E-state index is 0.0471. The van der Waals surface area contributed by atoms with E-state index in [1.807, 2.05) is 6.08 Å². The third-order valence-corrected chi connectivity index (χ3v) is 11.3. The first-order valence-corrected chi connectivity index (χ1v) is 13.5. The Balaban J connectivity index is 1.30. The summed E-state index contributed by atoms with van der Waals surface area (Å²) in [4.78, 5) is 14.7. The van der Waals surface area contributed by atoms with Crippen molar-refractivity contribution in [2.24, 2.45) is 35.0 Å². The highest BCUT2D eigenvalue weighted by atomic mass is 16.5. The van der Waals surface area contributed by atoms with Gasteiger partial charge in [0.25, 0.3) is 0 Å². The van der Waals surface area contributed by atoms with Crippen molar-refractivity contribution in [3.8, 4) is 0 Å². The quantitative estimate of drug-likeness (QED) is 0.439. The standard InChI is InChI=1S/C29H43NO2/c1-17-12-26-27(30(5)16-17)19(3)29(32-26)11-9-22-23-7-6-20-13-21(31)8-10-28(20,4)25(23)14-24(22)18(2)15-29/h13,17,19,22-23,25-27H,6-12,14-16H2,1-5H3/t17-,19+,22-,23-,25-,26+,27-,28-,29-/m0/s1. The van der Waals surface area contributed by atoms with Gasteiger partial charge in [-0.05, 0) is 101 Å². The summed E-state index contributed by atoms with van der Waals surface area (Å²) in [5.41, 5.74) is 5.24. The van der Waals surface area contributed by atoms with E-state index in [2.05, 4.69) is 39.6 Å². The number of carbonyl (C=O) groups is 1. The Morgan fingerprint density at radius 3 is 2.78 bits per heavy atom. The summed E-state index contributed by atoms with van der Waals surface area (Å²) >= 11 is 0. The number of ether oxygens (including phenoxy) is 1. The first-order valence-electron chi connectivity index (χ1n) is 13.5. The molecule has 2 aliphatic heterocycles. The van der Waals surface area contributed by atoms with E-state index in [0.29, 0.717) is 23.8 Å². The highest BCUT2D eigenvalue weighted by molar-refractivity contribution is 5.91. The molecule has 2 saturated heterocycles. The summed E-state index contributed by atoms with van der Waals surface area (Å²) in [5, 5.41) is 0. The second-order valence-electron chi connectivity index (χ2n) is 13.0. The van der Waals surface area contributed by atoms with Crippen molar-refractivity contribution >= 4 is 5.78 Å². The lowest BCUT2D eigenvalue weighted by molar-refractivity contribution is -0.116. The average molecular weight is 438 g/mol. The van der Waals surface area contributed by atoms with Gasteiger partial charge in [-0.15, -0.1) is 0 Å². The lowest BCUT2D eigenvalue weighted by atomic mass is 9.56. The summed E-state index contributed by atoms with van der Waals surface area (Å²) in [6.07, 6.45) is 12.9.